The molecule has 3 aromatic heterocycles. The van der Waals surface area contributed by atoms with Crippen LogP contribution in [0.4, 0.5) is 5.00 Å². The summed E-state index contributed by atoms with van der Waals surface area (Å²) in [6.07, 6.45) is 2.07. The highest BCUT2D eigenvalue weighted by Gasteiger charge is 2.40. The van der Waals surface area contributed by atoms with Gasteiger partial charge in [-0.05, 0) is 62.3 Å². The van der Waals surface area contributed by atoms with E-state index >= 15 is 0 Å². The second kappa shape index (κ2) is 9.87. The van der Waals surface area contributed by atoms with Crippen molar-refractivity contribution in [2.45, 2.75) is 55.9 Å². The number of para-hydroxylation sites is 1. The summed E-state index contributed by atoms with van der Waals surface area (Å²) in [5.74, 6) is -0.265. The Kier molecular flexibility index (Phi) is 6.70. The number of fused-ring (bicyclic) bond motifs is 2. The lowest BCUT2D eigenvalue weighted by Gasteiger charge is -2.30. The Morgan fingerprint density at radius 1 is 1.14 bits per heavy atom. The van der Waals surface area contributed by atoms with Gasteiger partial charge in [0.05, 0.1) is 10.2 Å². The molecule has 37 heavy (non-hydrogen) atoms. The first-order valence-electron chi connectivity index (χ1n) is 12.4. The smallest absolute Gasteiger partial charge is 0.253 e. The fourth-order valence-electron chi connectivity index (χ4n) is 5.17. The Morgan fingerprint density at radius 3 is 2.73 bits per heavy atom. The van der Waals surface area contributed by atoms with E-state index in [0.717, 1.165) is 45.3 Å². The molecule has 0 bridgehead atoms. The monoisotopic (exact) mass is 572 g/mol. The Hall–Kier alpha value is -2.15. The average Bonchev–Trinajstić information content (AvgIpc) is 3.68. The van der Waals surface area contributed by atoms with Crippen molar-refractivity contribution >= 4 is 65.2 Å². The fourth-order valence-corrected chi connectivity index (χ4v) is 10.3. The molecule has 7 nitrogen and oxygen atoms in total. The van der Waals surface area contributed by atoms with Crippen LogP contribution in [0.2, 0.25) is 0 Å². The third-order valence-corrected chi connectivity index (χ3v) is 12.6. The molecular formula is C26H28N4O3S4. The number of rotatable bonds is 6. The van der Waals surface area contributed by atoms with E-state index in [0.29, 0.717) is 25.4 Å². The van der Waals surface area contributed by atoms with Crippen molar-refractivity contribution in [3.05, 3.63) is 52.2 Å². The first-order chi connectivity index (χ1) is 17.8. The van der Waals surface area contributed by atoms with Crippen LogP contribution in [0.15, 0.2) is 46.0 Å². The molecule has 4 aromatic rings. The van der Waals surface area contributed by atoms with Crippen LogP contribution >= 0.6 is 34.0 Å². The maximum Gasteiger partial charge on any atom is 0.253 e. The third-order valence-electron chi connectivity index (χ3n) is 7.13. The number of aromatic nitrogens is 1. The largest absolute Gasteiger partial charge is 0.316 e. The molecule has 6 rings (SSSR count). The minimum Gasteiger partial charge on any atom is -0.316 e. The number of nitrogens with one attached hydrogen (secondary N) is 1. The maximum atomic E-state index is 13.6. The predicted molar refractivity (Wildman–Crippen MR) is 152 cm³/mol. The summed E-state index contributed by atoms with van der Waals surface area (Å²) in [4.78, 5) is 22.3. The quantitative estimate of drug-likeness (QED) is 0.323. The topological polar surface area (TPSA) is 82.6 Å². The summed E-state index contributed by atoms with van der Waals surface area (Å²) < 4.78 is 29.3. The SMILES string of the molecule is CC(C)N1CCc2c(sc(NC(=O)C3CCCN3S(=O)(=O)c3cccs3)c2-c2nc3ccccc3s2)C1. The summed E-state index contributed by atoms with van der Waals surface area (Å²) in [5.41, 5.74) is 3.21. The van der Waals surface area contributed by atoms with Gasteiger partial charge in [-0.15, -0.1) is 34.0 Å². The Labute approximate surface area is 228 Å². The van der Waals surface area contributed by atoms with Crippen LogP contribution in [0.1, 0.15) is 37.1 Å². The molecule has 2 aliphatic heterocycles. The molecule has 1 amide bonds. The lowest BCUT2D eigenvalue weighted by atomic mass is 10.0. The normalized spacial score (nSPS) is 19.1. The minimum atomic E-state index is -3.70. The number of thiazole rings is 1. The summed E-state index contributed by atoms with van der Waals surface area (Å²) in [5, 5.41) is 6.60. The number of amides is 1. The third kappa shape index (κ3) is 4.55. The molecule has 0 saturated carbocycles. The highest BCUT2D eigenvalue weighted by atomic mass is 32.2. The van der Waals surface area contributed by atoms with Gasteiger partial charge in [-0.1, -0.05) is 18.2 Å². The van der Waals surface area contributed by atoms with Crippen LogP contribution in [-0.2, 0) is 27.8 Å². The van der Waals surface area contributed by atoms with Gasteiger partial charge < -0.3 is 5.32 Å². The van der Waals surface area contributed by atoms with Gasteiger partial charge in [0.25, 0.3) is 10.0 Å². The molecular weight excluding hydrogens is 545 g/mol. The van der Waals surface area contributed by atoms with Crippen molar-refractivity contribution in [3.63, 3.8) is 0 Å². The number of benzene rings is 1. The summed E-state index contributed by atoms with van der Waals surface area (Å²) >= 11 is 4.43. The van der Waals surface area contributed by atoms with Crippen LogP contribution in [0.25, 0.3) is 20.8 Å². The number of sulfonamides is 1. The average molecular weight is 573 g/mol. The molecule has 1 unspecified atom stereocenters. The van der Waals surface area contributed by atoms with Gasteiger partial charge in [-0.3, -0.25) is 9.69 Å². The van der Waals surface area contributed by atoms with Gasteiger partial charge in [0, 0.05) is 36.1 Å². The number of thiophene rings is 2. The summed E-state index contributed by atoms with van der Waals surface area (Å²) in [7, 11) is -3.70. The van der Waals surface area contributed by atoms with Crippen LogP contribution < -0.4 is 5.32 Å². The number of carbonyl (C=O) groups excluding carboxylic acids is 1. The lowest BCUT2D eigenvalue weighted by molar-refractivity contribution is -0.119. The van der Waals surface area contributed by atoms with Crippen molar-refractivity contribution < 1.29 is 13.2 Å². The number of anilines is 1. The standard InChI is InChI=1S/C26H28N4O3S4/c1-16(2)29-13-11-17-21(15-29)36-26(23(17)25-27-18-7-3-4-9-20(18)35-25)28-24(31)19-8-5-12-30(19)37(32,33)22-10-6-14-34-22/h3-4,6-7,9-10,14,16,19H,5,8,11-13,15H2,1-2H3,(H,28,31). The molecule has 11 heteroatoms. The van der Waals surface area contributed by atoms with Crippen molar-refractivity contribution in [1.29, 1.82) is 0 Å². The van der Waals surface area contributed by atoms with Gasteiger partial charge in [0.15, 0.2) is 0 Å². The number of hydrogen-bond acceptors (Lipinski definition) is 8. The summed E-state index contributed by atoms with van der Waals surface area (Å²) in [6, 6.07) is 11.1. The zero-order valence-electron chi connectivity index (χ0n) is 20.6. The number of hydrogen-bond donors (Lipinski definition) is 1. The van der Waals surface area contributed by atoms with Crippen LogP contribution in [-0.4, -0.2) is 53.7 Å². The molecule has 194 valence electrons. The van der Waals surface area contributed by atoms with Crippen molar-refractivity contribution in [2.75, 3.05) is 18.4 Å². The van der Waals surface area contributed by atoms with Gasteiger partial charge >= 0.3 is 0 Å². The lowest BCUT2D eigenvalue weighted by Crippen LogP contribution is -2.42. The van der Waals surface area contributed by atoms with Gasteiger partial charge in [0.2, 0.25) is 5.91 Å². The van der Waals surface area contributed by atoms with Crippen LogP contribution in [0, 0.1) is 0 Å². The van der Waals surface area contributed by atoms with Crippen molar-refractivity contribution in [3.8, 4) is 10.6 Å². The summed E-state index contributed by atoms with van der Waals surface area (Å²) in [6.45, 7) is 6.57. The van der Waals surface area contributed by atoms with E-state index in [-0.39, 0.29) is 10.1 Å². The number of nitrogens with zero attached hydrogens (tertiary/aromatic N) is 3. The van der Waals surface area contributed by atoms with Crippen molar-refractivity contribution in [2.24, 2.45) is 0 Å². The molecule has 5 heterocycles. The molecule has 1 N–H and O–H groups in total. The van der Waals surface area contributed by atoms with Gasteiger partial charge in [-0.25, -0.2) is 13.4 Å². The second-order valence-corrected chi connectivity index (χ2v) is 14.9. The highest BCUT2D eigenvalue weighted by Crippen LogP contribution is 2.46. The Balaban J connectivity index is 1.36. The Bertz CT molecular complexity index is 1520. The zero-order chi connectivity index (χ0) is 25.7. The molecule has 1 aromatic carbocycles. The highest BCUT2D eigenvalue weighted by molar-refractivity contribution is 7.91. The molecule has 1 saturated heterocycles. The molecule has 1 atom stereocenters. The predicted octanol–water partition coefficient (Wildman–Crippen LogP) is 5.64. The van der Waals surface area contributed by atoms with E-state index in [1.54, 1.807) is 40.2 Å². The molecule has 0 aliphatic carbocycles. The van der Waals surface area contributed by atoms with E-state index in [4.69, 9.17) is 4.98 Å². The van der Waals surface area contributed by atoms with Crippen LogP contribution in [0.3, 0.4) is 0 Å². The molecule has 2 aliphatic rings. The Morgan fingerprint density at radius 2 is 1.97 bits per heavy atom. The van der Waals surface area contributed by atoms with E-state index in [1.165, 1.54) is 26.1 Å². The van der Waals surface area contributed by atoms with Crippen LogP contribution in [0.5, 0.6) is 0 Å². The molecule has 0 spiro atoms. The minimum absolute atomic E-state index is 0.265. The number of carbonyl (C=O) groups is 1. The first-order valence-corrected chi connectivity index (χ1v) is 16.4. The van der Waals surface area contributed by atoms with Crippen molar-refractivity contribution in [1.82, 2.24) is 14.2 Å². The second-order valence-electron chi connectivity index (χ2n) is 9.70. The maximum absolute atomic E-state index is 13.6. The molecule has 1 fully saturated rings. The van der Waals surface area contributed by atoms with E-state index in [2.05, 4.69) is 30.1 Å². The van der Waals surface area contributed by atoms with E-state index in [9.17, 15) is 13.2 Å². The van der Waals surface area contributed by atoms with E-state index < -0.39 is 16.1 Å². The van der Waals surface area contributed by atoms with Gasteiger partial charge in [0.1, 0.15) is 20.3 Å². The molecule has 0 radical (unpaired) electrons. The fraction of sp³-hybridized carbons (Fsp3) is 0.385. The first kappa shape index (κ1) is 25.1. The van der Waals surface area contributed by atoms with Gasteiger partial charge in [-0.2, -0.15) is 4.31 Å². The van der Waals surface area contributed by atoms with E-state index in [1.807, 2.05) is 18.2 Å². The zero-order valence-corrected chi connectivity index (χ0v) is 23.9.